The van der Waals surface area contributed by atoms with Crippen LogP contribution in [0.1, 0.15) is 20.8 Å². The second-order valence-corrected chi connectivity index (χ2v) is 5.73. The molecule has 0 aromatic carbocycles. The zero-order valence-corrected chi connectivity index (χ0v) is 10.5. The number of thioether (sulfide) groups is 1. The van der Waals surface area contributed by atoms with Gasteiger partial charge in [0.2, 0.25) is 0 Å². The third-order valence-corrected chi connectivity index (χ3v) is 3.05. The van der Waals surface area contributed by atoms with Crippen LogP contribution < -0.4 is 5.11 Å². The first-order valence-electron chi connectivity index (χ1n) is 5.09. The summed E-state index contributed by atoms with van der Waals surface area (Å²) in [6.45, 7) is 5.63. The minimum Gasteiger partial charge on any atom is -0.548 e. The number of hydrogen-bond acceptors (Lipinski definition) is 5. The number of carboxylic acid groups (broad SMARTS) is 1. The van der Waals surface area contributed by atoms with Crippen molar-refractivity contribution in [3.63, 3.8) is 0 Å². The Morgan fingerprint density at radius 3 is 2.56 bits per heavy atom. The first-order chi connectivity index (χ1) is 7.31. The quantitative estimate of drug-likeness (QED) is 0.655. The summed E-state index contributed by atoms with van der Waals surface area (Å²) in [5.74, 6) is -0.136. The maximum atomic E-state index is 11.7. The molecule has 0 aliphatic carbocycles. The zero-order chi connectivity index (χ0) is 12.3. The van der Waals surface area contributed by atoms with E-state index >= 15 is 0 Å². The normalized spacial score (nSPS) is 21.7. The van der Waals surface area contributed by atoms with Crippen LogP contribution in [0, 0.1) is 0 Å². The molecule has 1 fully saturated rings. The van der Waals surface area contributed by atoms with Gasteiger partial charge in [0.1, 0.15) is 5.60 Å². The number of nitrogens with zero attached hydrogens (tertiary/aromatic N) is 1. The van der Waals surface area contributed by atoms with E-state index in [-0.39, 0.29) is 0 Å². The van der Waals surface area contributed by atoms with Gasteiger partial charge in [-0.25, -0.2) is 4.79 Å². The van der Waals surface area contributed by atoms with Crippen molar-refractivity contribution < 1.29 is 19.4 Å². The Morgan fingerprint density at radius 1 is 1.44 bits per heavy atom. The topological polar surface area (TPSA) is 69.7 Å². The SMILES string of the molecule is CC(C)(C)OC(=O)N1CCSCC1C(=O)[O-]. The summed E-state index contributed by atoms with van der Waals surface area (Å²) >= 11 is 1.50. The van der Waals surface area contributed by atoms with E-state index in [2.05, 4.69) is 0 Å². The van der Waals surface area contributed by atoms with Crippen molar-refractivity contribution in [3.8, 4) is 0 Å². The number of carbonyl (C=O) groups excluding carboxylic acids is 2. The van der Waals surface area contributed by atoms with E-state index in [1.807, 2.05) is 0 Å². The minimum absolute atomic E-state index is 0.363. The lowest BCUT2D eigenvalue weighted by molar-refractivity contribution is -0.310. The van der Waals surface area contributed by atoms with Crippen molar-refractivity contribution >= 4 is 23.8 Å². The third-order valence-electron chi connectivity index (χ3n) is 2.03. The van der Waals surface area contributed by atoms with Gasteiger partial charge in [-0.1, -0.05) is 0 Å². The number of aliphatic carboxylic acids is 1. The fourth-order valence-corrected chi connectivity index (χ4v) is 2.37. The van der Waals surface area contributed by atoms with E-state index in [0.717, 1.165) is 5.75 Å². The highest BCUT2D eigenvalue weighted by molar-refractivity contribution is 7.99. The molecule has 92 valence electrons. The highest BCUT2D eigenvalue weighted by Crippen LogP contribution is 2.19. The van der Waals surface area contributed by atoms with Gasteiger partial charge in [0.05, 0.1) is 12.0 Å². The monoisotopic (exact) mass is 246 g/mol. The summed E-state index contributed by atoms with van der Waals surface area (Å²) in [4.78, 5) is 23.8. The van der Waals surface area contributed by atoms with E-state index in [9.17, 15) is 14.7 Å². The molecule has 1 rings (SSSR count). The van der Waals surface area contributed by atoms with Crippen molar-refractivity contribution in [1.29, 1.82) is 0 Å². The largest absolute Gasteiger partial charge is 0.548 e. The number of amides is 1. The summed E-state index contributed by atoms with van der Waals surface area (Å²) in [6.07, 6.45) is -0.581. The zero-order valence-electron chi connectivity index (χ0n) is 9.69. The van der Waals surface area contributed by atoms with Crippen LogP contribution in [0.4, 0.5) is 4.79 Å². The molecule has 16 heavy (non-hydrogen) atoms. The maximum Gasteiger partial charge on any atom is 0.410 e. The van der Waals surface area contributed by atoms with Gasteiger partial charge in [-0.15, -0.1) is 0 Å². The van der Waals surface area contributed by atoms with Gasteiger partial charge in [-0.3, -0.25) is 4.90 Å². The molecule has 1 heterocycles. The summed E-state index contributed by atoms with van der Waals surface area (Å²) < 4.78 is 5.14. The number of ether oxygens (including phenoxy) is 1. The second kappa shape index (κ2) is 4.95. The average Bonchev–Trinajstić information content (AvgIpc) is 2.15. The Hall–Kier alpha value is -0.910. The van der Waals surface area contributed by atoms with E-state index in [1.54, 1.807) is 20.8 Å². The fourth-order valence-electron chi connectivity index (χ4n) is 1.34. The van der Waals surface area contributed by atoms with Crippen LogP contribution in [0.3, 0.4) is 0 Å². The van der Waals surface area contributed by atoms with Gasteiger partial charge in [0.15, 0.2) is 0 Å². The molecule has 0 aromatic rings. The van der Waals surface area contributed by atoms with Gasteiger partial charge in [-0.2, -0.15) is 11.8 Å². The molecule has 1 saturated heterocycles. The maximum absolute atomic E-state index is 11.7. The number of carboxylic acids is 1. The van der Waals surface area contributed by atoms with Crippen LogP contribution in [-0.4, -0.2) is 46.7 Å². The molecule has 1 aliphatic heterocycles. The second-order valence-electron chi connectivity index (χ2n) is 4.58. The van der Waals surface area contributed by atoms with E-state index in [0.29, 0.717) is 12.3 Å². The summed E-state index contributed by atoms with van der Waals surface area (Å²) in [5, 5.41) is 10.9. The van der Waals surface area contributed by atoms with Crippen LogP contribution in [0.15, 0.2) is 0 Å². The van der Waals surface area contributed by atoms with Crippen molar-refractivity contribution in [2.45, 2.75) is 32.4 Å². The first-order valence-corrected chi connectivity index (χ1v) is 6.25. The smallest absolute Gasteiger partial charge is 0.410 e. The van der Waals surface area contributed by atoms with Crippen LogP contribution in [0.25, 0.3) is 0 Å². The predicted octanol–water partition coefficient (Wildman–Crippen LogP) is 0.0888. The summed E-state index contributed by atoms with van der Waals surface area (Å²) in [5.41, 5.74) is -0.613. The summed E-state index contributed by atoms with van der Waals surface area (Å²) in [6, 6.07) is -0.881. The third kappa shape index (κ3) is 3.59. The molecule has 0 bridgehead atoms. The molecule has 1 atom stereocenters. The predicted molar refractivity (Wildman–Crippen MR) is 59.1 cm³/mol. The van der Waals surface area contributed by atoms with Crippen LogP contribution >= 0.6 is 11.8 Å². The minimum atomic E-state index is -1.22. The Labute approximate surface area is 99.1 Å². The molecule has 0 saturated carbocycles. The number of rotatable bonds is 1. The van der Waals surface area contributed by atoms with Crippen LogP contribution in [0.2, 0.25) is 0 Å². The molecular weight excluding hydrogens is 230 g/mol. The molecule has 0 spiro atoms. The van der Waals surface area contributed by atoms with Gasteiger partial charge in [0, 0.05) is 18.1 Å². The van der Waals surface area contributed by atoms with Gasteiger partial charge >= 0.3 is 6.09 Å². The first kappa shape index (κ1) is 13.2. The number of hydrogen-bond donors (Lipinski definition) is 0. The Kier molecular flexibility index (Phi) is 4.07. The summed E-state index contributed by atoms with van der Waals surface area (Å²) in [7, 11) is 0. The van der Waals surface area contributed by atoms with Crippen molar-refractivity contribution in [1.82, 2.24) is 4.90 Å². The molecule has 0 radical (unpaired) electrons. The molecule has 1 amide bonds. The van der Waals surface area contributed by atoms with Gasteiger partial charge in [0.25, 0.3) is 0 Å². The van der Waals surface area contributed by atoms with Gasteiger partial charge in [-0.05, 0) is 20.8 Å². The highest BCUT2D eigenvalue weighted by atomic mass is 32.2. The van der Waals surface area contributed by atoms with E-state index in [4.69, 9.17) is 4.74 Å². The molecule has 5 nitrogen and oxygen atoms in total. The Balaban J connectivity index is 2.68. The Morgan fingerprint density at radius 2 is 2.06 bits per heavy atom. The van der Waals surface area contributed by atoms with E-state index < -0.39 is 23.7 Å². The number of carbonyl (C=O) groups is 2. The molecule has 6 heteroatoms. The standard InChI is InChI=1S/C10H17NO4S/c1-10(2,3)15-9(14)11-4-5-16-6-7(11)8(12)13/h7H,4-6H2,1-3H3,(H,12,13)/p-1. The van der Waals surface area contributed by atoms with Crippen LogP contribution in [0.5, 0.6) is 0 Å². The van der Waals surface area contributed by atoms with Crippen LogP contribution in [-0.2, 0) is 9.53 Å². The average molecular weight is 246 g/mol. The molecule has 1 aliphatic rings. The fraction of sp³-hybridized carbons (Fsp3) is 0.800. The lowest BCUT2D eigenvalue weighted by Crippen LogP contribution is -2.55. The van der Waals surface area contributed by atoms with Gasteiger partial charge < -0.3 is 14.6 Å². The molecule has 0 N–H and O–H groups in total. The van der Waals surface area contributed by atoms with Crippen molar-refractivity contribution in [2.24, 2.45) is 0 Å². The molecule has 0 aromatic heterocycles. The lowest BCUT2D eigenvalue weighted by Gasteiger charge is -2.36. The van der Waals surface area contributed by atoms with Crippen molar-refractivity contribution in [3.05, 3.63) is 0 Å². The van der Waals surface area contributed by atoms with E-state index in [1.165, 1.54) is 16.7 Å². The van der Waals surface area contributed by atoms with Crippen molar-refractivity contribution in [2.75, 3.05) is 18.1 Å². The Bertz CT molecular complexity index is 287. The molecule has 1 unspecified atom stereocenters. The highest BCUT2D eigenvalue weighted by Gasteiger charge is 2.31. The lowest BCUT2D eigenvalue weighted by atomic mass is 10.2. The molecular formula is C10H16NO4S-.